The van der Waals surface area contributed by atoms with Crippen LogP contribution in [0, 0.1) is 5.41 Å². The number of ether oxygens (including phenoxy) is 3. The van der Waals surface area contributed by atoms with Gasteiger partial charge in [-0.1, -0.05) is 32.0 Å². The Kier molecular flexibility index (Phi) is 4.63. The number of rotatable bonds is 4. The van der Waals surface area contributed by atoms with Gasteiger partial charge in [0.25, 0.3) is 0 Å². The van der Waals surface area contributed by atoms with Crippen molar-refractivity contribution in [2.45, 2.75) is 39.6 Å². The zero-order chi connectivity index (χ0) is 15.5. The van der Waals surface area contributed by atoms with E-state index >= 15 is 0 Å². The van der Waals surface area contributed by atoms with Crippen LogP contribution in [0.4, 0.5) is 0 Å². The lowest BCUT2D eigenvalue weighted by Crippen LogP contribution is -2.29. The average molecular weight is 292 g/mol. The summed E-state index contributed by atoms with van der Waals surface area (Å²) >= 11 is 0. The van der Waals surface area contributed by atoms with Crippen LogP contribution in [0.1, 0.15) is 37.6 Å². The Labute approximate surface area is 124 Å². The van der Waals surface area contributed by atoms with Crippen LogP contribution in [0.5, 0.6) is 0 Å². The molecule has 2 rings (SSSR count). The minimum atomic E-state index is -0.601. The van der Waals surface area contributed by atoms with Crippen LogP contribution in [-0.4, -0.2) is 30.9 Å². The highest BCUT2D eigenvalue weighted by Crippen LogP contribution is 2.38. The molecular weight excluding hydrogens is 272 g/mol. The third-order valence-electron chi connectivity index (χ3n) is 3.39. The van der Waals surface area contributed by atoms with E-state index in [1.807, 2.05) is 19.9 Å². The van der Waals surface area contributed by atoms with Crippen LogP contribution >= 0.6 is 0 Å². The van der Waals surface area contributed by atoms with Gasteiger partial charge in [-0.05, 0) is 18.6 Å². The maximum absolute atomic E-state index is 11.9. The highest BCUT2D eigenvalue weighted by atomic mass is 16.7. The van der Waals surface area contributed by atoms with E-state index in [1.54, 1.807) is 24.3 Å². The summed E-state index contributed by atoms with van der Waals surface area (Å²) in [5.74, 6) is -0.761. The SMILES string of the molecule is CC(=O)OC1O[C@H](COC(=O)c2ccccc2)CC1(C)C. The van der Waals surface area contributed by atoms with Gasteiger partial charge < -0.3 is 14.2 Å². The Morgan fingerprint density at radius 2 is 1.95 bits per heavy atom. The fourth-order valence-electron chi connectivity index (χ4n) is 2.35. The first-order chi connectivity index (χ1) is 9.88. The van der Waals surface area contributed by atoms with Gasteiger partial charge in [0.1, 0.15) is 6.61 Å². The zero-order valence-electron chi connectivity index (χ0n) is 12.5. The lowest BCUT2D eigenvalue weighted by Gasteiger charge is -2.23. The molecule has 5 heteroatoms. The highest BCUT2D eigenvalue weighted by Gasteiger charge is 2.44. The molecule has 0 saturated carbocycles. The van der Waals surface area contributed by atoms with Gasteiger partial charge in [0.15, 0.2) is 0 Å². The molecule has 0 radical (unpaired) electrons. The minimum Gasteiger partial charge on any atom is -0.459 e. The van der Waals surface area contributed by atoms with E-state index in [0.29, 0.717) is 12.0 Å². The lowest BCUT2D eigenvalue weighted by molar-refractivity contribution is -0.189. The Morgan fingerprint density at radius 1 is 1.29 bits per heavy atom. The molecular formula is C16H20O5. The molecule has 2 atom stereocenters. The first-order valence-electron chi connectivity index (χ1n) is 6.93. The van der Waals surface area contributed by atoms with Crippen LogP contribution in [-0.2, 0) is 19.0 Å². The second-order valence-corrected chi connectivity index (χ2v) is 5.86. The van der Waals surface area contributed by atoms with Gasteiger partial charge in [0, 0.05) is 12.3 Å². The molecule has 1 unspecified atom stereocenters. The predicted molar refractivity (Wildman–Crippen MR) is 75.5 cm³/mol. The van der Waals surface area contributed by atoms with E-state index in [-0.39, 0.29) is 30.1 Å². The first-order valence-corrected chi connectivity index (χ1v) is 6.93. The predicted octanol–water partition coefficient (Wildman–Crippen LogP) is 2.55. The van der Waals surface area contributed by atoms with Crippen molar-refractivity contribution in [3.05, 3.63) is 35.9 Å². The second-order valence-electron chi connectivity index (χ2n) is 5.86. The summed E-state index contributed by atoms with van der Waals surface area (Å²) in [6.45, 7) is 5.41. The fourth-order valence-corrected chi connectivity index (χ4v) is 2.35. The largest absolute Gasteiger partial charge is 0.459 e. The van der Waals surface area contributed by atoms with Crippen molar-refractivity contribution in [1.82, 2.24) is 0 Å². The van der Waals surface area contributed by atoms with Crippen molar-refractivity contribution in [3.63, 3.8) is 0 Å². The molecule has 0 spiro atoms. The maximum atomic E-state index is 11.9. The van der Waals surface area contributed by atoms with E-state index in [2.05, 4.69) is 0 Å². The molecule has 0 amide bonds. The van der Waals surface area contributed by atoms with Gasteiger partial charge in [-0.25, -0.2) is 4.79 Å². The third-order valence-corrected chi connectivity index (χ3v) is 3.39. The Morgan fingerprint density at radius 3 is 2.57 bits per heavy atom. The first kappa shape index (κ1) is 15.5. The number of esters is 2. The van der Waals surface area contributed by atoms with Gasteiger partial charge in [-0.15, -0.1) is 0 Å². The highest BCUT2D eigenvalue weighted by molar-refractivity contribution is 5.89. The molecule has 5 nitrogen and oxygen atoms in total. The zero-order valence-corrected chi connectivity index (χ0v) is 12.5. The van der Waals surface area contributed by atoms with Crippen LogP contribution in [0.25, 0.3) is 0 Å². The van der Waals surface area contributed by atoms with Crippen molar-refractivity contribution in [2.75, 3.05) is 6.61 Å². The fraction of sp³-hybridized carbons (Fsp3) is 0.500. The summed E-state index contributed by atoms with van der Waals surface area (Å²) < 4.78 is 16.1. The van der Waals surface area contributed by atoms with E-state index in [1.165, 1.54) is 6.92 Å². The van der Waals surface area contributed by atoms with Gasteiger partial charge in [0.05, 0.1) is 11.7 Å². The van der Waals surface area contributed by atoms with Crippen molar-refractivity contribution in [2.24, 2.45) is 5.41 Å². The van der Waals surface area contributed by atoms with E-state index in [4.69, 9.17) is 14.2 Å². The average Bonchev–Trinajstić information content (AvgIpc) is 2.71. The van der Waals surface area contributed by atoms with Crippen molar-refractivity contribution in [1.29, 1.82) is 0 Å². The van der Waals surface area contributed by atoms with Gasteiger partial charge in [0.2, 0.25) is 6.29 Å². The third kappa shape index (κ3) is 4.04. The molecule has 1 aliphatic heterocycles. The molecule has 1 aromatic carbocycles. The summed E-state index contributed by atoms with van der Waals surface area (Å²) in [6, 6.07) is 8.79. The number of carbonyl (C=O) groups excluding carboxylic acids is 2. The van der Waals surface area contributed by atoms with Gasteiger partial charge >= 0.3 is 11.9 Å². The van der Waals surface area contributed by atoms with E-state index in [0.717, 1.165) is 0 Å². The van der Waals surface area contributed by atoms with Crippen molar-refractivity contribution in [3.8, 4) is 0 Å². The minimum absolute atomic E-state index is 0.148. The molecule has 0 aromatic heterocycles. The van der Waals surface area contributed by atoms with Crippen LogP contribution < -0.4 is 0 Å². The maximum Gasteiger partial charge on any atom is 0.338 e. The topological polar surface area (TPSA) is 61.8 Å². The molecule has 1 fully saturated rings. The number of hydrogen-bond donors (Lipinski definition) is 0. The van der Waals surface area contributed by atoms with E-state index < -0.39 is 6.29 Å². The molecule has 114 valence electrons. The number of carbonyl (C=O) groups is 2. The Balaban J connectivity index is 1.87. The summed E-state index contributed by atoms with van der Waals surface area (Å²) in [4.78, 5) is 22.9. The smallest absolute Gasteiger partial charge is 0.338 e. The standard InChI is InChI=1S/C16H20O5/c1-11(17)20-15-16(2,3)9-13(21-15)10-19-14(18)12-7-5-4-6-8-12/h4-8,13,15H,9-10H2,1-3H3/t13-,15?/m0/s1. The van der Waals surface area contributed by atoms with Crippen LogP contribution in [0.2, 0.25) is 0 Å². The lowest BCUT2D eigenvalue weighted by atomic mass is 9.89. The van der Waals surface area contributed by atoms with Gasteiger partial charge in [-0.3, -0.25) is 4.79 Å². The second kappa shape index (κ2) is 6.26. The summed E-state index contributed by atoms with van der Waals surface area (Å²) in [5.41, 5.74) is 0.210. The summed E-state index contributed by atoms with van der Waals surface area (Å²) in [7, 11) is 0. The monoisotopic (exact) mass is 292 g/mol. The van der Waals surface area contributed by atoms with Crippen LogP contribution in [0.3, 0.4) is 0 Å². The molecule has 0 aliphatic carbocycles. The molecule has 21 heavy (non-hydrogen) atoms. The normalized spacial score (nSPS) is 23.6. The molecule has 1 aliphatic rings. The van der Waals surface area contributed by atoms with Crippen LogP contribution in [0.15, 0.2) is 30.3 Å². The number of hydrogen-bond acceptors (Lipinski definition) is 5. The van der Waals surface area contributed by atoms with Crippen molar-refractivity contribution >= 4 is 11.9 Å². The van der Waals surface area contributed by atoms with Crippen molar-refractivity contribution < 1.29 is 23.8 Å². The molecule has 1 aromatic rings. The molecule has 0 bridgehead atoms. The van der Waals surface area contributed by atoms with Gasteiger partial charge in [-0.2, -0.15) is 0 Å². The summed E-state index contributed by atoms with van der Waals surface area (Å²) in [6.07, 6.45) is -0.208. The Hall–Kier alpha value is -1.88. The Bertz CT molecular complexity index is 509. The molecule has 1 heterocycles. The molecule has 1 saturated heterocycles. The number of benzene rings is 1. The summed E-state index contributed by atoms with van der Waals surface area (Å²) in [5, 5.41) is 0. The molecule has 0 N–H and O–H groups in total. The van der Waals surface area contributed by atoms with E-state index in [9.17, 15) is 9.59 Å². The quantitative estimate of drug-likeness (QED) is 0.798.